The first-order chi connectivity index (χ1) is 14.8. The van der Waals surface area contributed by atoms with Crippen LogP contribution in [0, 0.1) is 5.82 Å². The third-order valence-corrected chi connectivity index (χ3v) is 4.68. The fourth-order valence-electron chi connectivity index (χ4n) is 3.21. The Morgan fingerprint density at radius 1 is 1.26 bits per heavy atom. The second kappa shape index (κ2) is 7.93. The molecule has 0 saturated heterocycles. The van der Waals surface area contributed by atoms with Crippen molar-refractivity contribution < 1.29 is 31.5 Å². The molecule has 0 saturated carbocycles. The number of carbonyl (C=O) groups excluding carboxylic acids is 1. The maximum atomic E-state index is 14.2. The number of nitrogens with zero attached hydrogens (tertiary/aromatic N) is 4. The predicted octanol–water partition coefficient (Wildman–Crippen LogP) is 3.50. The van der Waals surface area contributed by atoms with Crippen molar-refractivity contribution in [3.8, 4) is 17.3 Å². The number of alkyl halides is 3. The van der Waals surface area contributed by atoms with Crippen LogP contribution >= 0.6 is 0 Å². The molecule has 1 atom stereocenters. The fourth-order valence-corrected chi connectivity index (χ4v) is 3.21. The SMILES string of the molecule is COc1cc(-c2nc3c(o2)[C@H](NC(=O)c2cncc(C(F)(F)F)n2)CCC3)c(F)cn1. The maximum Gasteiger partial charge on any atom is 0.434 e. The molecule has 0 bridgehead atoms. The van der Waals surface area contributed by atoms with Crippen LogP contribution in [0.25, 0.3) is 11.5 Å². The van der Waals surface area contributed by atoms with Gasteiger partial charge in [-0.1, -0.05) is 0 Å². The summed E-state index contributed by atoms with van der Waals surface area (Å²) in [4.78, 5) is 27.3. The number of methoxy groups -OCH3 is 1. The number of amides is 1. The summed E-state index contributed by atoms with van der Waals surface area (Å²) < 4.78 is 63.5. The molecular formula is C19H15F4N5O3. The summed E-state index contributed by atoms with van der Waals surface area (Å²) >= 11 is 0. The van der Waals surface area contributed by atoms with Gasteiger partial charge in [-0.15, -0.1) is 0 Å². The molecule has 8 nitrogen and oxygen atoms in total. The number of nitrogens with one attached hydrogen (secondary N) is 1. The molecule has 3 aromatic rings. The molecule has 0 aromatic carbocycles. The fraction of sp³-hybridized carbons (Fsp3) is 0.316. The van der Waals surface area contributed by atoms with Gasteiger partial charge >= 0.3 is 6.18 Å². The molecule has 0 radical (unpaired) electrons. The van der Waals surface area contributed by atoms with Gasteiger partial charge in [0, 0.05) is 6.07 Å². The van der Waals surface area contributed by atoms with Crippen molar-refractivity contribution in [2.24, 2.45) is 0 Å². The van der Waals surface area contributed by atoms with E-state index in [1.807, 2.05) is 0 Å². The molecule has 1 N–H and O–H groups in total. The molecule has 0 unspecified atom stereocenters. The molecule has 3 heterocycles. The average molecular weight is 437 g/mol. The molecule has 1 aliphatic carbocycles. The number of fused-ring (bicyclic) bond motifs is 1. The normalized spacial score (nSPS) is 16.0. The minimum absolute atomic E-state index is 0.0109. The van der Waals surface area contributed by atoms with Crippen molar-refractivity contribution in [3.05, 3.63) is 53.3 Å². The number of hydrogen-bond donors (Lipinski definition) is 1. The minimum atomic E-state index is -4.73. The highest BCUT2D eigenvalue weighted by molar-refractivity contribution is 5.92. The zero-order chi connectivity index (χ0) is 22.2. The Morgan fingerprint density at radius 3 is 2.81 bits per heavy atom. The van der Waals surface area contributed by atoms with E-state index in [0.29, 0.717) is 36.9 Å². The van der Waals surface area contributed by atoms with Crippen LogP contribution in [-0.2, 0) is 12.6 Å². The average Bonchev–Trinajstić information content (AvgIpc) is 3.19. The molecule has 1 aliphatic rings. The van der Waals surface area contributed by atoms with Gasteiger partial charge in [-0.25, -0.2) is 19.3 Å². The molecule has 0 fully saturated rings. The number of ether oxygens (including phenoxy) is 1. The van der Waals surface area contributed by atoms with Gasteiger partial charge in [-0.3, -0.25) is 9.78 Å². The molecule has 162 valence electrons. The zero-order valence-electron chi connectivity index (χ0n) is 16.0. The van der Waals surface area contributed by atoms with Gasteiger partial charge < -0.3 is 14.5 Å². The maximum absolute atomic E-state index is 14.2. The molecule has 3 aromatic heterocycles. The Kier molecular flexibility index (Phi) is 5.29. The lowest BCUT2D eigenvalue weighted by atomic mass is 9.97. The Bertz CT molecular complexity index is 1130. The van der Waals surface area contributed by atoms with E-state index in [-0.39, 0.29) is 17.3 Å². The van der Waals surface area contributed by atoms with Gasteiger partial charge in [0.2, 0.25) is 11.8 Å². The number of aryl methyl sites for hydroxylation is 1. The summed E-state index contributed by atoms with van der Waals surface area (Å²) in [5, 5.41) is 2.60. The molecule has 31 heavy (non-hydrogen) atoms. The number of halogens is 4. The first kappa shape index (κ1) is 20.7. The number of aromatic nitrogens is 4. The van der Waals surface area contributed by atoms with Gasteiger partial charge in [-0.05, 0) is 19.3 Å². The number of hydrogen-bond acceptors (Lipinski definition) is 7. The topological polar surface area (TPSA) is 103 Å². The van der Waals surface area contributed by atoms with Crippen molar-refractivity contribution in [1.29, 1.82) is 0 Å². The van der Waals surface area contributed by atoms with Crippen molar-refractivity contribution >= 4 is 5.91 Å². The molecule has 4 rings (SSSR count). The quantitative estimate of drug-likeness (QED) is 0.623. The lowest BCUT2D eigenvalue weighted by Gasteiger charge is -2.21. The van der Waals surface area contributed by atoms with Crippen LogP contribution in [0.4, 0.5) is 17.6 Å². The van der Waals surface area contributed by atoms with Crippen molar-refractivity contribution in [2.75, 3.05) is 7.11 Å². The summed E-state index contributed by atoms with van der Waals surface area (Å²) in [7, 11) is 1.38. The third-order valence-electron chi connectivity index (χ3n) is 4.68. The number of oxazole rings is 1. The lowest BCUT2D eigenvalue weighted by Crippen LogP contribution is -2.31. The van der Waals surface area contributed by atoms with Crippen molar-refractivity contribution in [1.82, 2.24) is 25.3 Å². The number of pyridine rings is 1. The van der Waals surface area contributed by atoms with E-state index < -0.39 is 35.3 Å². The van der Waals surface area contributed by atoms with Gasteiger partial charge in [0.05, 0.1) is 43.0 Å². The molecule has 0 aliphatic heterocycles. The smallest absolute Gasteiger partial charge is 0.434 e. The van der Waals surface area contributed by atoms with E-state index in [1.165, 1.54) is 13.2 Å². The molecular weight excluding hydrogens is 422 g/mol. The number of carbonyl (C=O) groups is 1. The summed E-state index contributed by atoms with van der Waals surface area (Å²) in [5.41, 5.74) is -1.19. The van der Waals surface area contributed by atoms with Crippen LogP contribution in [0.1, 0.15) is 46.5 Å². The van der Waals surface area contributed by atoms with Gasteiger partial charge in [0.1, 0.15) is 11.5 Å². The number of rotatable bonds is 4. The summed E-state index contributed by atoms with van der Waals surface area (Å²) in [6.45, 7) is 0. The van der Waals surface area contributed by atoms with Crippen LogP contribution in [0.3, 0.4) is 0 Å². The first-order valence-corrected chi connectivity index (χ1v) is 9.16. The van der Waals surface area contributed by atoms with Crippen LogP contribution in [-0.4, -0.2) is 33.0 Å². The largest absolute Gasteiger partial charge is 0.481 e. The van der Waals surface area contributed by atoms with Crippen molar-refractivity contribution in [3.63, 3.8) is 0 Å². The lowest BCUT2D eigenvalue weighted by molar-refractivity contribution is -0.141. The third kappa shape index (κ3) is 4.18. The van der Waals surface area contributed by atoms with Crippen LogP contribution < -0.4 is 10.1 Å². The van der Waals surface area contributed by atoms with Gasteiger partial charge in [0.25, 0.3) is 5.91 Å². The van der Waals surface area contributed by atoms with Gasteiger partial charge in [-0.2, -0.15) is 13.2 Å². The molecule has 1 amide bonds. The highest BCUT2D eigenvalue weighted by Gasteiger charge is 2.34. The Hall–Kier alpha value is -3.57. The first-order valence-electron chi connectivity index (χ1n) is 9.16. The van der Waals surface area contributed by atoms with Crippen LogP contribution in [0.15, 0.2) is 29.1 Å². The minimum Gasteiger partial charge on any atom is -0.481 e. The Labute approximate surface area is 172 Å². The highest BCUT2D eigenvalue weighted by Crippen LogP contribution is 2.35. The van der Waals surface area contributed by atoms with E-state index in [1.54, 1.807) is 0 Å². The highest BCUT2D eigenvalue weighted by atomic mass is 19.4. The monoisotopic (exact) mass is 437 g/mol. The van der Waals surface area contributed by atoms with Crippen LogP contribution in [0.5, 0.6) is 5.88 Å². The summed E-state index contributed by atoms with van der Waals surface area (Å²) in [6, 6.07) is 0.666. The van der Waals surface area contributed by atoms with E-state index in [4.69, 9.17) is 9.15 Å². The van der Waals surface area contributed by atoms with E-state index >= 15 is 0 Å². The summed E-state index contributed by atoms with van der Waals surface area (Å²) in [6.07, 6.45) is -0.630. The van der Waals surface area contributed by atoms with Crippen LogP contribution in [0.2, 0.25) is 0 Å². The van der Waals surface area contributed by atoms with Crippen molar-refractivity contribution in [2.45, 2.75) is 31.5 Å². The second-order valence-corrected chi connectivity index (χ2v) is 6.74. The predicted molar refractivity (Wildman–Crippen MR) is 96.4 cm³/mol. The van der Waals surface area contributed by atoms with E-state index in [0.717, 1.165) is 12.4 Å². The molecule has 12 heteroatoms. The standard InChI is InChI=1S/C19H15F4N5O3/c1-30-15-5-9(10(20)6-25-15)18-28-12-4-2-3-11(16(12)31-18)27-17(29)13-7-24-8-14(26-13)19(21,22)23/h5-8,11H,2-4H2,1H3,(H,27,29)/t11-/m1/s1. The van der Waals surface area contributed by atoms with E-state index in [9.17, 15) is 22.4 Å². The van der Waals surface area contributed by atoms with E-state index in [2.05, 4.69) is 25.3 Å². The Morgan fingerprint density at radius 2 is 2.06 bits per heavy atom. The molecule has 0 spiro atoms. The Balaban J connectivity index is 1.60. The van der Waals surface area contributed by atoms with Gasteiger partial charge in [0.15, 0.2) is 11.5 Å². The summed E-state index contributed by atoms with van der Waals surface area (Å²) in [5.74, 6) is -1.04. The second-order valence-electron chi connectivity index (χ2n) is 6.74. The zero-order valence-corrected chi connectivity index (χ0v) is 16.0.